The molecule has 5 heteroatoms. The normalized spacial score (nSPS) is 9.62. The van der Waals surface area contributed by atoms with Gasteiger partial charge in [-0.3, -0.25) is 4.79 Å². The van der Waals surface area contributed by atoms with Crippen LogP contribution in [0.15, 0.2) is 12.1 Å². The highest BCUT2D eigenvalue weighted by Crippen LogP contribution is 2.20. The Bertz CT molecular complexity index is 454. The second kappa shape index (κ2) is 5.47. The Labute approximate surface area is 97.4 Å². The maximum atomic E-state index is 13.7. The van der Waals surface area contributed by atoms with Crippen molar-refractivity contribution in [3.63, 3.8) is 0 Å². The van der Waals surface area contributed by atoms with E-state index in [9.17, 15) is 9.18 Å². The number of carbonyl (C=O) groups excluding carboxylic acids is 1. The smallest absolute Gasteiger partial charge is 0.310 e. The Balaban J connectivity index is 3.22. The zero-order chi connectivity index (χ0) is 12.1. The van der Waals surface area contributed by atoms with Gasteiger partial charge in [0.05, 0.1) is 19.1 Å². The average molecular weight is 242 g/mol. The van der Waals surface area contributed by atoms with Crippen LogP contribution in [0.2, 0.25) is 0 Å². The number of ether oxygens (including phenoxy) is 1. The van der Waals surface area contributed by atoms with Gasteiger partial charge in [0.2, 0.25) is 0 Å². The molecule has 1 aromatic rings. The Kier molecular flexibility index (Phi) is 4.27. The van der Waals surface area contributed by atoms with Crippen LogP contribution >= 0.6 is 11.6 Å². The van der Waals surface area contributed by atoms with Gasteiger partial charge in [0.25, 0.3) is 0 Å². The van der Waals surface area contributed by atoms with Crippen molar-refractivity contribution in [3.8, 4) is 6.07 Å². The van der Waals surface area contributed by atoms with Crippen LogP contribution in [0.25, 0.3) is 0 Å². The zero-order valence-corrected chi connectivity index (χ0v) is 9.34. The van der Waals surface area contributed by atoms with Gasteiger partial charge in [-0.1, -0.05) is 6.07 Å². The Hall–Kier alpha value is -1.60. The number of carbonyl (C=O) groups is 1. The lowest BCUT2D eigenvalue weighted by Crippen LogP contribution is -2.09. The summed E-state index contributed by atoms with van der Waals surface area (Å²) in [5.74, 6) is -1.19. The van der Waals surface area contributed by atoms with Crippen molar-refractivity contribution in [2.45, 2.75) is 12.3 Å². The quantitative estimate of drug-likeness (QED) is 0.602. The number of rotatable bonds is 3. The first-order valence-electron chi connectivity index (χ1n) is 4.47. The van der Waals surface area contributed by atoms with Crippen LogP contribution in [0.3, 0.4) is 0 Å². The lowest BCUT2D eigenvalue weighted by atomic mass is 10.0. The molecule has 0 heterocycles. The number of methoxy groups -OCH3 is 1. The molecule has 0 aromatic heterocycles. The van der Waals surface area contributed by atoms with Crippen molar-refractivity contribution in [2.75, 3.05) is 7.11 Å². The second-order valence-electron chi connectivity index (χ2n) is 3.06. The van der Waals surface area contributed by atoms with Crippen LogP contribution < -0.4 is 0 Å². The molecule has 0 unspecified atom stereocenters. The first-order valence-corrected chi connectivity index (χ1v) is 5.00. The molecule has 84 valence electrons. The van der Waals surface area contributed by atoms with E-state index < -0.39 is 11.8 Å². The van der Waals surface area contributed by atoms with E-state index in [1.807, 2.05) is 0 Å². The Morgan fingerprint density at radius 2 is 2.31 bits per heavy atom. The van der Waals surface area contributed by atoms with Gasteiger partial charge in [-0.25, -0.2) is 4.39 Å². The predicted octanol–water partition coefficient (Wildman–Crippen LogP) is 2.15. The molecule has 0 aliphatic carbocycles. The van der Waals surface area contributed by atoms with Crippen LogP contribution in [-0.2, 0) is 21.8 Å². The van der Waals surface area contributed by atoms with Gasteiger partial charge in [-0.05, 0) is 11.6 Å². The summed E-state index contributed by atoms with van der Waals surface area (Å²) in [5, 5.41) is 8.66. The van der Waals surface area contributed by atoms with E-state index in [0.29, 0.717) is 5.56 Å². The molecule has 1 aromatic carbocycles. The zero-order valence-electron chi connectivity index (χ0n) is 8.59. The van der Waals surface area contributed by atoms with E-state index in [1.165, 1.54) is 19.2 Å². The Morgan fingerprint density at radius 3 is 2.81 bits per heavy atom. The minimum absolute atomic E-state index is 0.0783. The maximum Gasteiger partial charge on any atom is 0.310 e. The number of esters is 1. The standard InChI is InChI=1S/C11H9ClFNO2/c1-16-10(15)4-9-7(5-12)2-3-8(6-14)11(9)13/h2-3H,4-5H2,1H3. The fraction of sp³-hybridized carbons (Fsp3) is 0.273. The molecule has 16 heavy (non-hydrogen) atoms. The molecule has 0 saturated carbocycles. The summed E-state index contributed by atoms with van der Waals surface area (Å²) in [6.45, 7) is 0. The van der Waals surface area contributed by atoms with Crippen LogP contribution in [-0.4, -0.2) is 13.1 Å². The molecule has 3 nitrogen and oxygen atoms in total. The molecular weight excluding hydrogens is 233 g/mol. The van der Waals surface area contributed by atoms with Crippen molar-refractivity contribution in [1.82, 2.24) is 0 Å². The highest BCUT2D eigenvalue weighted by Gasteiger charge is 2.16. The number of benzene rings is 1. The van der Waals surface area contributed by atoms with Crippen molar-refractivity contribution in [1.29, 1.82) is 5.26 Å². The van der Waals surface area contributed by atoms with E-state index >= 15 is 0 Å². The van der Waals surface area contributed by atoms with E-state index in [-0.39, 0.29) is 23.4 Å². The van der Waals surface area contributed by atoms with Crippen molar-refractivity contribution in [2.24, 2.45) is 0 Å². The molecule has 0 radical (unpaired) electrons. The monoisotopic (exact) mass is 241 g/mol. The lowest BCUT2D eigenvalue weighted by molar-refractivity contribution is -0.139. The maximum absolute atomic E-state index is 13.7. The van der Waals surface area contributed by atoms with Crippen LogP contribution in [0.1, 0.15) is 16.7 Å². The highest BCUT2D eigenvalue weighted by molar-refractivity contribution is 6.17. The number of nitrogens with zero attached hydrogens (tertiary/aromatic N) is 1. The van der Waals surface area contributed by atoms with Gasteiger partial charge in [0, 0.05) is 11.4 Å². The first kappa shape index (κ1) is 12.5. The molecule has 0 aliphatic heterocycles. The summed E-state index contributed by atoms with van der Waals surface area (Å²) in [4.78, 5) is 11.1. The van der Waals surface area contributed by atoms with Gasteiger partial charge in [0.1, 0.15) is 11.9 Å². The fourth-order valence-corrected chi connectivity index (χ4v) is 1.53. The largest absolute Gasteiger partial charge is 0.469 e. The number of alkyl halides is 1. The van der Waals surface area contributed by atoms with Gasteiger partial charge < -0.3 is 4.74 Å². The molecule has 0 N–H and O–H groups in total. The lowest BCUT2D eigenvalue weighted by Gasteiger charge is -2.08. The van der Waals surface area contributed by atoms with Crippen LogP contribution in [0, 0.1) is 17.1 Å². The number of hydrogen-bond donors (Lipinski definition) is 0. The van der Waals surface area contributed by atoms with E-state index in [1.54, 1.807) is 6.07 Å². The fourth-order valence-electron chi connectivity index (χ4n) is 1.28. The third kappa shape index (κ3) is 2.50. The molecule has 0 saturated heterocycles. The predicted molar refractivity (Wildman–Crippen MR) is 56.4 cm³/mol. The van der Waals surface area contributed by atoms with E-state index in [0.717, 1.165) is 0 Å². The summed E-state index contributed by atoms with van der Waals surface area (Å²) in [7, 11) is 1.22. The summed E-state index contributed by atoms with van der Waals surface area (Å²) >= 11 is 5.62. The highest BCUT2D eigenvalue weighted by atomic mass is 35.5. The molecule has 0 fully saturated rings. The van der Waals surface area contributed by atoms with Gasteiger partial charge in [-0.2, -0.15) is 5.26 Å². The number of hydrogen-bond acceptors (Lipinski definition) is 3. The molecule has 0 amide bonds. The van der Waals surface area contributed by atoms with E-state index in [2.05, 4.69) is 4.74 Å². The van der Waals surface area contributed by atoms with Gasteiger partial charge in [-0.15, -0.1) is 11.6 Å². The molecule has 0 aliphatic rings. The van der Waals surface area contributed by atoms with Crippen molar-refractivity contribution >= 4 is 17.6 Å². The molecule has 0 bridgehead atoms. The summed E-state index contributed by atoms with van der Waals surface area (Å²) in [6, 6.07) is 4.58. The molecule has 0 spiro atoms. The van der Waals surface area contributed by atoms with Crippen molar-refractivity contribution in [3.05, 3.63) is 34.6 Å². The summed E-state index contributed by atoms with van der Waals surface area (Å²) in [5.41, 5.74) is 0.511. The minimum atomic E-state index is -0.703. The van der Waals surface area contributed by atoms with Crippen molar-refractivity contribution < 1.29 is 13.9 Å². The molecular formula is C11H9ClFNO2. The van der Waals surface area contributed by atoms with Gasteiger partial charge in [0.15, 0.2) is 0 Å². The molecule has 1 rings (SSSR count). The second-order valence-corrected chi connectivity index (χ2v) is 3.33. The topological polar surface area (TPSA) is 50.1 Å². The molecule has 0 atom stereocenters. The van der Waals surface area contributed by atoms with Crippen LogP contribution in [0.4, 0.5) is 4.39 Å². The first-order chi connectivity index (χ1) is 7.63. The van der Waals surface area contributed by atoms with Gasteiger partial charge >= 0.3 is 5.97 Å². The summed E-state index contributed by atoms with van der Waals surface area (Å²) in [6.07, 6.45) is -0.222. The third-order valence-corrected chi connectivity index (χ3v) is 2.44. The van der Waals surface area contributed by atoms with Crippen LogP contribution in [0.5, 0.6) is 0 Å². The third-order valence-electron chi connectivity index (χ3n) is 2.15. The van der Waals surface area contributed by atoms with E-state index in [4.69, 9.17) is 16.9 Å². The Morgan fingerprint density at radius 1 is 1.62 bits per heavy atom. The number of halogens is 2. The summed E-state index contributed by atoms with van der Waals surface area (Å²) < 4.78 is 18.2. The number of nitriles is 1. The SMILES string of the molecule is COC(=O)Cc1c(CCl)ccc(C#N)c1F. The minimum Gasteiger partial charge on any atom is -0.469 e. The average Bonchev–Trinajstić information content (AvgIpc) is 2.31.